The van der Waals surface area contributed by atoms with Crippen LogP contribution >= 0.6 is 11.6 Å². The Morgan fingerprint density at radius 1 is 1.00 bits per heavy atom. The average molecular weight is 674 g/mol. The SMILES string of the molecule is CC(N)C(=O)NC(C(=O)N1CCCC1/C=C/[C@](C)(COC(=O)CCc1ccccc1)Cc1cccc(Cl)c1)[C@@H](C)OCc1ccccc1. The number of nitrogens with one attached hydrogen (secondary N) is 1. The number of hydrogen-bond donors (Lipinski definition) is 2. The summed E-state index contributed by atoms with van der Waals surface area (Å²) in [4.78, 5) is 41.4. The maximum Gasteiger partial charge on any atom is 0.306 e. The number of carbonyl (C=O) groups is 3. The number of nitrogens with two attached hydrogens (primary N) is 1. The highest BCUT2D eigenvalue weighted by Gasteiger charge is 2.37. The summed E-state index contributed by atoms with van der Waals surface area (Å²) in [7, 11) is 0. The molecular weight excluding hydrogens is 626 g/mol. The molecule has 9 heteroatoms. The molecule has 1 fully saturated rings. The zero-order valence-corrected chi connectivity index (χ0v) is 28.9. The van der Waals surface area contributed by atoms with Gasteiger partial charge in [0.15, 0.2) is 0 Å². The molecular formula is C39H48ClN3O5. The van der Waals surface area contributed by atoms with Crippen molar-refractivity contribution < 1.29 is 23.9 Å². The smallest absolute Gasteiger partial charge is 0.306 e. The molecule has 0 bridgehead atoms. The largest absolute Gasteiger partial charge is 0.465 e. The van der Waals surface area contributed by atoms with Gasteiger partial charge in [-0.25, -0.2) is 0 Å². The topological polar surface area (TPSA) is 111 Å². The highest BCUT2D eigenvalue weighted by Crippen LogP contribution is 2.29. The van der Waals surface area contributed by atoms with Crippen LogP contribution in [-0.2, 0) is 43.3 Å². The van der Waals surface area contributed by atoms with Crippen molar-refractivity contribution in [1.82, 2.24) is 10.2 Å². The van der Waals surface area contributed by atoms with Crippen molar-refractivity contribution in [3.8, 4) is 0 Å². The van der Waals surface area contributed by atoms with Gasteiger partial charge in [0, 0.05) is 23.4 Å². The van der Waals surface area contributed by atoms with E-state index >= 15 is 0 Å². The highest BCUT2D eigenvalue weighted by atomic mass is 35.5. The summed E-state index contributed by atoms with van der Waals surface area (Å²) in [6, 6.07) is 25.3. The van der Waals surface area contributed by atoms with E-state index in [-0.39, 0.29) is 30.9 Å². The molecule has 5 atom stereocenters. The molecule has 1 saturated heterocycles. The monoisotopic (exact) mass is 673 g/mol. The van der Waals surface area contributed by atoms with Gasteiger partial charge in [-0.2, -0.15) is 0 Å². The van der Waals surface area contributed by atoms with Crippen LogP contribution in [0.2, 0.25) is 5.02 Å². The first-order valence-corrected chi connectivity index (χ1v) is 17.1. The van der Waals surface area contributed by atoms with Crippen LogP contribution < -0.4 is 11.1 Å². The second kappa shape index (κ2) is 18.0. The van der Waals surface area contributed by atoms with Crippen LogP contribution in [0.25, 0.3) is 0 Å². The first-order chi connectivity index (χ1) is 23.0. The third-order valence-electron chi connectivity index (χ3n) is 8.63. The Morgan fingerprint density at radius 3 is 2.33 bits per heavy atom. The third-order valence-corrected chi connectivity index (χ3v) is 8.86. The summed E-state index contributed by atoms with van der Waals surface area (Å²) < 4.78 is 11.9. The third kappa shape index (κ3) is 11.3. The van der Waals surface area contributed by atoms with Gasteiger partial charge in [-0.15, -0.1) is 0 Å². The predicted octanol–water partition coefficient (Wildman–Crippen LogP) is 6.05. The van der Waals surface area contributed by atoms with Crippen molar-refractivity contribution in [3.63, 3.8) is 0 Å². The van der Waals surface area contributed by atoms with Gasteiger partial charge in [0.1, 0.15) is 12.6 Å². The molecule has 4 rings (SSSR count). The summed E-state index contributed by atoms with van der Waals surface area (Å²) in [5.41, 5.74) is 8.35. The zero-order chi connectivity index (χ0) is 34.5. The molecule has 3 aromatic carbocycles. The molecule has 48 heavy (non-hydrogen) atoms. The summed E-state index contributed by atoms with van der Waals surface area (Å²) in [5.74, 6) is -0.905. The van der Waals surface area contributed by atoms with E-state index in [2.05, 4.69) is 11.4 Å². The molecule has 0 saturated carbocycles. The van der Waals surface area contributed by atoms with E-state index in [0.717, 1.165) is 29.5 Å². The van der Waals surface area contributed by atoms with Crippen molar-refractivity contribution in [2.45, 2.75) is 83.7 Å². The molecule has 3 aromatic rings. The molecule has 2 amide bonds. The van der Waals surface area contributed by atoms with Crippen LogP contribution in [0.1, 0.15) is 56.7 Å². The van der Waals surface area contributed by atoms with Crippen molar-refractivity contribution in [3.05, 3.63) is 119 Å². The molecule has 3 N–H and O–H groups in total. The fourth-order valence-corrected chi connectivity index (χ4v) is 6.04. The number of ether oxygens (including phenoxy) is 2. The van der Waals surface area contributed by atoms with Gasteiger partial charge in [-0.1, -0.05) is 103 Å². The quantitative estimate of drug-likeness (QED) is 0.142. The average Bonchev–Trinajstić information content (AvgIpc) is 3.56. The molecule has 1 aliphatic heterocycles. The number of likely N-dealkylation sites (tertiary alicyclic amines) is 1. The van der Waals surface area contributed by atoms with E-state index in [1.54, 1.807) is 18.7 Å². The molecule has 256 valence electrons. The van der Waals surface area contributed by atoms with E-state index in [1.807, 2.05) is 97.9 Å². The molecule has 0 spiro atoms. The number of esters is 1. The minimum atomic E-state index is -0.912. The number of aryl methyl sites for hydroxylation is 1. The second-order valence-corrected chi connectivity index (χ2v) is 13.4. The van der Waals surface area contributed by atoms with Gasteiger partial charge in [-0.05, 0) is 68.4 Å². The van der Waals surface area contributed by atoms with Crippen molar-refractivity contribution in [2.24, 2.45) is 11.1 Å². The van der Waals surface area contributed by atoms with Crippen LogP contribution in [0.5, 0.6) is 0 Å². The highest BCUT2D eigenvalue weighted by molar-refractivity contribution is 6.30. The van der Waals surface area contributed by atoms with Gasteiger partial charge in [-0.3, -0.25) is 14.4 Å². The normalized spacial score (nSPS) is 17.8. The van der Waals surface area contributed by atoms with E-state index in [4.69, 9.17) is 26.8 Å². The molecule has 8 nitrogen and oxygen atoms in total. The van der Waals surface area contributed by atoms with Crippen LogP contribution in [-0.4, -0.2) is 60.1 Å². The Hall–Kier alpha value is -3.98. The Labute approximate surface area is 289 Å². The molecule has 3 unspecified atom stereocenters. The number of nitrogens with zero attached hydrogens (tertiary/aromatic N) is 1. The Bertz CT molecular complexity index is 1520. The fourth-order valence-electron chi connectivity index (χ4n) is 5.83. The van der Waals surface area contributed by atoms with Gasteiger partial charge < -0.3 is 25.4 Å². The minimum absolute atomic E-state index is 0.168. The Kier molecular flexibility index (Phi) is 13.8. The minimum Gasteiger partial charge on any atom is -0.465 e. The first kappa shape index (κ1) is 36.8. The number of carbonyl (C=O) groups excluding carboxylic acids is 3. The number of hydrogen-bond acceptors (Lipinski definition) is 6. The van der Waals surface area contributed by atoms with Gasteiger partial charge >= 0.3 is 5.97 Å². The number of amides is 2. The maximum absolute atomic E-state index is 14.1. The van der Waals surface area contributed by atoms with Crippen LogP contribution in [0.4, 0.5) is 0 Å². The first-order valence-electron chi connectivity index (χ1n) is 16.7. The van der Waals surface area contributed by atoms with E-state index in [1.165, 1.54) is 0 Å². The van der Waals surface area contributed by atoms with Gasteiger partial charge in [0.05, 0.1) is 24.8 Å². The molecule has 1 heterocycles. The van der Waals surface area contributed by atoms with E-state index in [0.29, 0.717) is 31.0 Å². The lowest BCUT2D eigenvalue weighted by Gasteiger charge is -2.32. The van der Waals surface area contributed by atoms with Crippen molar-refractivity contribution in [1.29, 1.82) is 0 Å². The second-order valence-electron chi connectivity index (χ2n) is 13.0. The van der Waals surface area contributed by atoms with E-state index < -0.39 is 29.5 Å². The summed E-state index contributed by atoms with van der Waals surface area (Å²) in [6.07, 6.45) is 6.53. The zero-order valence-electron chi connectivity index (χ0n) is 28.1. The number of rotatable bonds is 16. The summed E-state index contributed by atoms with van der Waals surface area (Å²) >= 11 is 6.31. The summed E-state index contributed by atoms with van der Waals surface area (Å²) in [6.45, 7) is 6.44. The maximum atomic E-state index is 14.1. The van der Waals surface area contributed by atoms with Crippen LogP contribution in [0.15, 0.2) is 97.1 Å². The fraction of sp³-hybridized carbons (Fsp3) is 0.410. The van der Waals surface area contributed by atoms with Gasteiger partial charge in [0.25, 0.3) is 0 Å². The number of halogens is 1. The molecule has 1 aliphatic rings. The van der Waals surface area contributed by atoms with Crippen molar-refractivity contribution in [2.75, 3.05) is 13.2 Å². The van der Waals surface area contributed by atoms with E-state index in [9.17, 15) is 14.4 Å². The van der Waals surface area contributed by atoms with Crippen LogP contribution in [0.3, 0.4) is 0 Å². The van der Waals surface area contributed by atoms with Crippen molar-refractivity contribution >= 4 is 29.4 Å². The standard InChI is InChI=1S/C39H48ClN3O5/c1-28(41)37(45)42-36(29(2)47-26-31-14-8-5-9-15-31)38(46)43-23-11-18-34(43)21-22-39(3,25-32-16-10-17-33(40)24-32)27-48-35(44)20-19-30-12-6-4-7-13-30/h4-10,12-17,21-22,24,28-29,34,36H,11,18-20,23,25-27,41H2,1-3H3,(H,42,45)/b22-21+/t28?,29-,34?,36?,39+/m1/s1. The summed E-state index contributed by atoms with van der Waals surface area (Å²) in [5, 5.41) is 3.48. The van der Waals surface area contributed by atoms with Gasteiger partial charge in [0.2, 0.25) is 11.8 Å². The predicted molar refractivity (Wildman–Crippen MR) is 189 cm³/mol. The lowest BCUT2D eigenvalue weighted by Crippen LogP contribution is -2.57. The Morgan fingerprint density at radius 2 is 1.67 bits per heavy atom. The number of benzene rings is 3. The Balaban J connectivity index is 1.48. The van der Waals surface area contributed by atoms with Crippen LogP contribution in [0, 0.1) is 5.41 Å². The lowest BCUT2D eigenvalue weighted by molar-refractivity contribution is -0.146. The molecule has 0 aliphatic carbocycles. The molecule has 0 radical (unpaired) electrons. The molecule has 0 aromatic heterocycles. The lowest BCUT2D eigenvalue weighted by atomic mass is 9.83.